The molecule has 1 aromatic rings. The molecule has 3 N–H and O–H groups in total. The summed E-state index contributed by atoms with van der Waals surface area (Å²) in [6.07, 6.45) is 5.37. The topological polar surface area (TPSA) is 114 Å². The highest BCUT2D eigenvalue weighted by atomic mass is 32.2. The lowest BCUT2D eigenvalue weighted by molar-refractivity contribution is 0.259. The Labute approximate surface area is 106 Å². The van der Waals surface area contributed by atoms with Gasteiger partial charge in [0.25, 0.3) is 5.95 Å². The zero-order valence-corrected chi connectivity index (χ0v) is 10.7. The molecule has 2 rings (SSSR count). The number of nitrogens with one attached hydrogen (secondary N) is 1. The van der Waals surface area contributed by atoms with Crippen LogP contribution < -0.4 is 10.5 Å². The van der Waals surface area contributed by atoms with Crippen LogP contribution in [0.2, 0.25) is 0 Å². The molecular formula is C9H16N6O2S. The summed E-state index contributed by atoms with van der Waals surface area (Å²) in [6.45, 7) is 0.784. The summed E-state index contributed by atoms with van der Waals surface area (Å²) in [5.41, 5.74) is 5.61. The molecule has 1 aliphatic heterocycles. The van der Waals surface area contributed by atoms with Crippen molar-refractivity contribution < 1.29 is 8.42 Å². The Balaban J connectivity index is 2.14. The summed E-state index contributed by atoms with van der Waals surface area (Å²) >= 11 is 0. The maximum Gasteiger partial charge on any atom is 0.304 e. The fraction of sp³-hybridized carbons (Fsp3) is 0.667. The lowest BCUT2D eigenvalue weighted by Crippen LogP contribution is -2.49. The first kappa shape index (κ1) is 13.1. The van der Waals surface area contributed by atoms with Crippen LogP contribution >= 0.6 is 0 Å². The van der Waals surface area contributed by atoms with Gasteiger partial charge in [0, 0.05) is 19.1 Å². The maximum atomic E-state index is 12.2. The minimum atomic E-state index is -3.66. The van der Waals surface area contributed by atoms with E-state index in [2.05, 4.69) is 19.9 Å². The monoisotopic (exact) mass is 272 g/mol. The molecule has 1 aromatic heterocycles. The first-order chi connectivity index (χ1) is 8.63. The Hall–Kier alpha value is -1.32. The molecule has 9 heteroatoms. The van der Waals surface area contributed by atoms with Crippen LogP contribution in [0.15, 0.2) is 12.4 Å². The van der Waals surface area contributed by atoms with Gasteiger partial charge < -0.3 is 5.73 Å². The SMILES string of the molecule is NCC1CCCCN1S(=O)(=O)Nc1nccnn1. The van der Waals surface area contributed by atoms with E-state index in [1.54, 1.807) is 0 Å². The first-order valence-corrected chi connectivity index (χ1v) is 7.21. The lowest BCUT2D eigenvalue weighted by Gasteiger charge is -2.33. The van der Waals surface area contributed by atoms with Crippen LogP contribution in [0.4, 0.5) is 5.95 Å². The quantitative estimate of drug-likeness (QED) is 0.752. The third kappa shape index (κ3) is 2.92. The molecule has 0 amide bonds. The summed E-state index contributed by atoms with van der Waals surface area (Å²) in [4.78, 5) is 3.79. The van der Waals surface area contributed by atoms with Gasteiger partial charge in [-0.3, -0.25) is 0 Å². The molecule has 0 radical (unpaired) electrons. The Morgan fingerprint density at radius 3 is 2.94 bits per heavy atom. The van der Waals surface area contributed by atoms with Gasteiger partial charge in [0.1, 0.15) is 0 Å². The van der Waals surface area contributed by atoms with Crippen molar-refractivity contribution in [2.24, 2.45) is 5.73 Å². The number of rotatable bonds is 4. The van der Waals surface area contributed by atoms with Gasteiger partial charge >= 0.3 is 10.2 Å². The lowest BCUT2D eigenvalue weighted by atomic mass is 10.1. The summed E-state index contributed by atoms with van der Waals surface area (Å²) < 4.78 is 28.0. The van der Waals surface area contributed by atoms with Gasteiger partial charge in [-0.1, -0.05) is 6.42 Å². The minimum Gasteiger partial charge on any atom is -0.329 e. The van der Waals surface area contributed by atoms with Gasteiger partial charge in [-0.2, -0.15) is 17.8 Å². The second kappa shape index (κ2) is 5.55. The van der Waals surface area contributed by atoms with Crippen LogP contribution in [0.25, 0.3) is 0 Å². The molecule has 0 aliphatic carbocycles. The predicted molar refractivity (Wildman–Crippen MR) is 65.8 cm³/mol. The molecule has 18 heavy (non-hydrogen) atoms. The highest BCUT2D eigenvalue weighted by molar-refractivity contribution is 7.90. The summed E-state index contributed by atoms with van der Waals surface area (Å²) in [5, 5.41) is 7.17. The van der Waals surface area contributed by atoms with Gasteiger partial charge in [-0.25, -0.2) is 9.71 Å². The fourth-order valence-electron chi connectivity index (χ4n) is 1.99. The van der Waals surface area contributed by atoms with Crippen LogP contribution in [0.5, 0.6) is 0 Å². The Bertz CT molecular complexity index is 479. The number of aromatic nitrogens is 3. The Morgan fingerprint density at radius 2 is 2.28 bits per heavy atom. The smallest absolute Gasteiger partial charge is 0.304 e. The first-order valence-electron chi connectivity index (χ1n) is 5.77. The number of piperidine rings is 1. The van der Waals surface area contributed by atoms with E-state index in [4.69, 9.17) is 5.73 Å². The maximum absolute atomic E-state index is 12.2. The van der Waals surface area contributed by atoms with Crippen molar-refractivity contribution in [3.63, 3.8) is 0 Å². The third-order valence-electron chi connectivity index (χ3n) is 2.86. The molecule has 1 unspecified atom stereocenters. The molecule has 2 heterocycles. The molecule has 0 saturated carbocycles. The van der Waals surface area contributed by atoms with Crippen molar-refractivity contribution in [3.8, 4) is 0 Å². The molecule has 8 nitrogen and oxygen atoms in total. The van der Waals surface area contributed by atoms with E-state index in [0.29, 0.717) is 13.1 Å². The van der Waals surface area contributed by atoms with Gasteiger partial charge in [-0.15, -0.1) is 5.10 Å². The fourth-order valence-corrected chi connectivity index (χ4v) is 3.39. The predicted octanol–water partition coefficient (Wildman–Crippen LogP) is -0.658. The molecule has 0 bridgehead atoms. The van der Waals surface area contributed by atoms with E-state index in [1.165, 1.54) is 16.7 Å². The van der Waals surface area contributed by atoms with Gasteiger partial charge in [0.15, 0.2) is 0 Å². The van der Waals surface area contributed by atoms with Crippen molar-refractivity contribution in [2.45, 2.75) is 25.3 Å². The molecule has 0 aromatic carbocycles. The van der Waals surface area contributed by atoms with E-state index in [-0.39, 0.29) is 12.0 Å². The zero-order chi connectivity index (χ0) is 13.0. The average Bonchev–Trinajstić information content (AvgIpc) is 2.39. The molecule has 100 valence electrons. The van der Waals surface area contributed by atoms with E-state index < -0.39 is 10.2 Å². The van der Waals surface area contributed by atoms with Crippen LogP contribution in [0.3, 0.4) is 0 Å². The minimum absolute atomic E-state index is 0.0288. The number of nitrogens with zero attached hydrogens (tertiary/aromatic N) is 4. The molecule has 0 spiro atoms. The molecule has 1 saturated heterocycles. The largest absolute Gasteiger partial charge is 0.329 e. The van der Waals surface area contributed by atoms with Crippen LogP contribution in [-0.4, -0.2) is 47.0 Å². The summed E-state index contributed by atoms with van der Waals surface area (Å²) in [5.74, 6) is -0.0288. The summed E-state index contributed by atoms with van der Waals surface area (Å²) in [7, 11) is -3.66. The molecule has 1 atom stereocenters. The van der Waals surface area contributed by atoms with Crippen LogP contribution in [-0.2, 0) is 10.2 Å². The summed E-state index contributed by atoms with van der Waals surface area (Å²) in [6, 6.07) is -0.159. The van der Waals surface area contributed by atoms with Gasteiger partial charge in [0.2, 0.25) is 0 Å². The number of nitrogens with two attached hydrogens (primary N) is 1. The molecule has 1 fully saturated rings. The van der Waals surface area contributed by atoms with E-state index in [0.717, 1.165) is 19.3 Å². The van der Waals surface area contributed by atoms with Crippen molar-refractivity contribution in [2.75, 3.05) is 17.8 Å². The molecular weight excluding hydrogens is 256 g/mol. The Morgan fingerprint density at radius 1 is 1.44 bits per heavy atom. The second-order valence-electron chi connectivity index (χ2n) is 4.07. The zero-order valence-electron chi connectivity index (χ0n) is 9.86. The van der Waals surface area contributed by atoms with Crippen LogP contribution in [0.1, 0.15) is 19.3 Å². The highest BCUT2D eigenvalue weighted by Gasteiger charge is 2.31. The molecule has 1 aliphatic rings. The highest BCUT2D eigenvalue weighted by Crippen LogP contribution is 2.20. The van der Waals surface area contributed by atoms with Crippen LogP contribution in [0, 0.1) is 0 Å². The van der Waals surface area contributed by atoms with Crippen molar-refractivity contribution in [1.29, 1.82) is 0 Å². The second-order valence-corrected chi connectivity index (χ2v) is 5.69. The number of hydrogen-bond donors (Lipinski definition) is 2. The van der Waals surface area contributed by atoms with E-state index in [1.807, 2.05) is 0 Å². The van der Waals surface area contributed by atoms with Crippen molar-refractivity contribution in [3.05, 3.63) is 12.4 Å². The van der Waals surface area contributed by atoms with Crippen molar-refractivity contribution >= 4 is 16.2 Å². The Kier molecular flexibility index (Phi) is 4.04. The average molecular weight is 272 g/mol. The third-order valence-corrected chi connectivity index (χ3v) is 4.40. The number of anilines is 1. The van der Waals surface area contributed by atoms with Gasteiger partial charge in [-0.05, 0) is 12.8 Å². The van der Waals surface area contributed by atoms with Crippen molar-refractivity contribution in [1.82, 2.24) is 19.5 Å². The standard InChI is InChI=1S/C9H16N6O2S/c10-7-8-3-1-2-6-15(8)18(16,17)14-9-11-4-5-12-13-9/h4-5,8H,1-3,6-7,10H2,(H,11,13,14). The van der Waals surface area contributed by atoms with E-state index >= 15 is 0 Å². The van der Waals surface area contributed by atoms with E-state index in [9.17, 15) is 8.42 Å². The number of hydrogen-bond acceptors (Lipinski definition) is 6. The normalized spacial score (nSPS) is 21.7. The van der Waals surface area contributed by atoms with Gasteiger partial charge in [0.05, 0.1) is 12.4 Å².